The fraction of sp³-hybridized carbons (Fsp3) is 0.381. The van der Waals surface area contributed by atoms with Crippen molar-refractivity contribution in [1.29, 1.82) is 0 Å². The van der Waals surface area contributed by atoms with Gasteiger partial charge < -0.3 is 10.6 Å². The maximum absolute atomic E-state index is 13.7. The molecule has 2 N–H and O–H groups in total. The first kappa shape index (κ1) is 17.6. The second-order valence-electron chi connectivity index (χ2n) is 6.96. The van der Waals surface area contributed by atoms with E-state index in [0.717, 1.165) is 0 Å². The van der Waals surface area contributed by atoms with Gasteiger partial charge in [0.15, 0.2) is 0 Å². The van der Waals surface area contributed by atoms with Gasteiger partial charge in [0.25, 0.3) is 0 Å². The highest BCUT2D eigenvalue weighted by molar-refractivity contribution is 5.79. The maximum Gasteiger partial charge on any atom is 0.225 e. The summed E-state index contributed by atoms with van der Waals surface area (Å²) < 4.78 is 13.7. The van der Waals surface area contributed by atoms with Gasteiger partial charge in [-0.3, -0.25) is 4.79 Å². The Morgan fingerprint density at radius 1 is 1.16 bits per heavy atom. The van der Waals surface area contributed by atoms with E-state index in [4.69, 9.17) is 5.73 Å². The first-order chi connectivity index (χ1) is 12.1. The lowest BCUT2D eigenvalue weighted by atomic mass is 9.95. The molecule has 1 heterocycles. The second-order valence-corrected chi connectivity index (χ2v) is 6.96. The molecule has 1 fully saturated rings. The normalized spacial score (nSPS) is 21.3. The minimum absolute atomic E-state index is 0.0369. The van der Waals surface area contributed by atoms with Crippen molar-refractivity contribution in [1.82, 2.24) is 4.90 Å². The lowest BCUT2D eigenvalue weighted by Crippen LogP contribution is -2.35. The van der Waals surface area contributed by atoms with Gasteiger partial charge in [-0.2, -0.15) is 0 Å². The molecule has 1 saturated heterocycles. The van der Waals surface area contributed by atoms with Gasteiger partial charge >= 0.3 is 0 Å². The molecule has 0 spiro atoms. The van der Waals surface area contributed by atoms with E-state index in [0.29, 0.717) is 31.5 Å². The highest BCUT2D eigenvalue weighted by Gasteiger charge is 2.35. The van der Waals surface area contributed by atoms with E-state index in [2.05, 4.69) is 12.1 Å². The third-order valence-electron chi connectivity index (χ3n) is 5.13. The van der Waals surface area contributed by atoms with Crippen LogP contribution in [0, 0.1) is 11.7 Å². The number of benzene rings is 2. The van der Waals surface area contributed by atoms with E-state index in [9.17, 15) is 9.18 Å². The van der Waals surface area contributed by atoms with Crippen LogP contribution in [-0.2, 0) is 11.2 Å². The van der Waals surface area contributed by atoms with Crippen LogP contribution in [0.1, 0.15) is 30.4 Å². The number of hydrogen-bond acceptors (Lipinski definition) is 2. The van der Waals surface area contributed by atoms with Crippen molar-refractivity contribution in [3.8, 4) is 0 Å². The van der Waals surface area contributed by atoms with Crippen LogP contribution >= 0.6 is 0 Å². The Labute approximate surface area is 148 Å². The summed E-state index contributed by atoms with van der Waals surface area (Å²) in [5.41, 5.74) is 8.13. The predicted octanol–water partition coefficient (Wildman–Crippen LogP) is 3.35. The molecule has 0 aromatic heterocycles. The molecular formula is C21H25FN2O. The summed E-state index contributed by atoms with van der Waals surface area (Å²) in [5.74, 6) is -0.0371. The van der Waals surface area contributed by atoms with Crippen molar-refractivity contribution in [3.05, 3.63) is 71.5 Å². The summed E-state index contributed by atoms with van der Waals surface area (Å²) in [6.45, 7) is 3.17. The molecule has 1 aliphatic heterocycles. The average Bonchev–Trinajstić information content (AvgIpc) is 3.02. The van der Waals surface area contributed by atoms with Crippen molar-refractivity contribution >= 4 is 5.91 Å². The molecule has 132 valence electrons. The molecule has 1 unspecified atom stereocenters. The summed E-state index contributed by atoms with van der Waals surface area (Å²) in [7, 11) is 0. The Balaban J connectivity index is 1.58. The number of likely N-dealkylation sites (tertiary alicyclic amines) is 1. The van der Waals surface area contributed by atoms with Gasteiger partial charge in [-0.15, -0.1) is 0 Å². The van der Waals surface area contributed by atoms with E-state index in [1.807, 2.05) is 36.1 Å². The molecular weight excluding hydrogens is 315 g/mol. The van der Waals surface area contributed by atoms with Crippen LogP contribution in [0.25, 0.3) is 0 Å². The van der Waals surface area contributed by atoms with Crippen LogP contribution in [0.4, 0.5) is 4.39 Å². The molecule has 0 bridgehead atoms. The van der Waals surface area contributed by atoms with Gasteiger partial charge in [0.05, 0.1) is 0 Å². The van der Waals surface area contributed by atoms with E-state index in [1.165, 1.54) is 11.6 Å². The molecule has 4 heteroatoms. The van der Waals surface area contributed by atoms with Crippen LogP contribution in [0.15, 0.2) is 54.6 Å². The molecule has 3 nitrogen and oxygen atoms in total. The highest BCUT2D eigenvalue weighted by atomic mass is 19.1. The van der Waals surface area contributed by atoms with Gasteiger partial charge in [-0.1, -0.05) is 55.5 Å². The van der Waals surface area contributed by atoms with Crippen molar-refractivity contribution in [2.45, 2.75) is 31.7 Å². The van der Waals surface area contributed by atoms with E-state index in [1.54, 1.807) is 12.1 Å². The number of carbonyl (C=O) groups excluding carboxylic acids is 1. The molecule has 3 atom stereocenters. The SMILES string of the molecule is CC(CCc1ccccc1F)C(=O)N1C[C@@H](N)[C@H](c2ccccc2)C1. The summed E-state index contributed by atoms with van der Waals surface area (Å²) in [6.07, 6.45) is 1.21. The number of halogens is 1. The Hall–Kier alpha value is -2.20. The number of nitrogens with two attached hydrogens (primary N) is 1. The molecule has 1 aliphatic rings. The zero-order valence-corrected chi connectivity index (χ0v) is 14.6. The van der Waals surface area contributed by atoms with Gasteiger partial charge in [0.2, 0.25) is 5.91 Å². The predicted molar refractivity (Wildman–Crippen MR) is 97.6 cm³/mol. The number of nitrogens with zero attached hydrogens (tertiary/aromatic N) is 1. The summed E-state index contributed by atoms with van der Waals surface area (Å²) in [4.78, 5) is 14.6. The fourth-order valence-electron chi connectivity index (χ4n) is 3.57. The lowest BCUT2D eigenvalue weighted by Gasteiger charge is -2.21. The third-order valence-corrected chi connectivity index (χ3v) is 5.13. The third kappa shape index (κ3) is 4.07. The molecule has 2 aromatic rings. The summed E-state index contributed by atoms with van der Waals surface area (Å²) in [5, 5.41) is 0. The molecule has 0 aliphatic carbocycles. The van der Waals surface area contributed by atoms with Crippen LogP contribution < -0.4 is 5.73 Å². The monoisotopic (exact) mass is 340 g/mol. The molecule has 1 amide bonds. The van der Waals surface area contributed by atoms with E-state index < -0.39 is 0 Å². The summed E-state index contributed by atoms with van der Waals surface area (Å²) in [6, 6.07) is 16.9. The molecule has 25 heavy (non-hydrogen) atoms. The molecule has 3 rings (SSSR count). The number of rotatable bonds is 5. The van der Waals surface area contributed by atoms with Crippen molar-refractivity contribution in [3.63, 3.8) is 0 Å². The van der Waals surface area contributed by atoms with E-state index in [-0.39, 0.29) is 29.6 Å². The molecule has 0 saturated carbocycles. The largest absolute Gasteiger partial charge is 0.340 e. The summed E-state index contributed by atoms with van der Waals surface area (Å²) >= 11 is 0. The smallest absolute Gasteiger partial charge is 0.225 e. The highest BCUT2D eigenvalue weighted by Crippen LogP contribution is 2.28. The number of amides is 1. The van der Waals surface area contributed by atoms with Crippen molar-refractivity contribution in [2.24, 2.45) is 11.7 Å². The average molecular weight is 340 g/mol. The zero-order valence-electron chi connectivity index (χ0n) is 14.6. The Morgan fingerprint density at radius 2 is 1.84 bits per heavy atom. The quantitative estimate of drug-likeness (QED) is 0.907. The lowest BCUT2D eigenvalue weighted by molar-refractivity contribution is -0.134. The fourth-order valence-corrected chi connectivity index (χ4v) is 3.57. The Morgan fingerprint density at radius 3 is 2.56 bits per heavy atom. The Bertz CT molecular complexity index is 719. The zero-order chi connectivity index (χ0) is 17.8. The minimum atomic E-state index is -0.200. The topological polar surface area (TPSA) is 46.3 Å². The standard InChI is InChI=1S/C21H25FN2O/c1-15(11-12-17-9-5-6-10-19(17)22)21(25)24-13-18(20(23)14-24)16-7-3-2-4-8-16/h2-10,15,18,20H,11-14,23H2,1H3/t15?,18-,20+/m0/s1. The molecule has 0 radical (unpaired) electrons. The van der Waals surface area contributed by atoms with Crippen molar-refractivity contribution < 1.29 is 9.18 Å². The van der Waals surface area contributed by atoms with Gasteiger partial charge in [-0.05, 0) is 30.0 Å². The van der Waals surface area contributed by atoms with E-state index >= 15 is 0 Å². The van der Waals surface area contributed by atoms with Gasteiger partial charge in [-0.25, -0.2) is 4.39 Å². The first-order valence-corrected chi connectivity index (χ1v) is 8.89. The first-order valence-electron chi connectivity index (χ1n) is 8.89. The van der Waals surface area contributed by atoms with Gasteiger partial charge in [0, 0.05) is 31.0 Å². The molecule has 2 aromatic carbocycles. The Kier molecular flexibility index (Phi) is 5.49. The number of aryl methyl sites for hydroxylation is 1. The second kappa shape index (κ2) is 7.79. The van der Waals surface area contributed by atoms with Crippen molar-refractivity contribution in [2.75, 3.05) is 13.1 Å². The van der Waals surface area contributed by atoms with Crippen LogP contribution in [0.2, 0.25) is 0 Å². The van der Waals surface area contributed by atoms with Gasteiger partial charge in [0.1, 0.15) is 5.82 Å². The number of carbonyl (C=O) groups is 1. The number of hydrogen-bond donors (Lipinski definition) is 1. The maximum atomic E-state index is 13.7. The van der Waals surface area contributed by atoms with Crippen LogP contribution in [0.3, 0.4) is 0 Å². The van der Waals surface area contributed by atoms with Crippen LogP contribution in [-0.4, -0.2) is 29.9 Å². The minimum Gasteiger partial charge on any atom is -0.340 e. The van der Waals surface area contributed by atoms with Crippen LogP contribution in [0.5, 0.6) is 0 Å².